The smallest absolute Gasteiger partial charge is 0.417 e. The molecule has 3 aromatic rings. The summed E-state index contributed by atoms with van der Waals surface area (Å²) in [6.45, 7) is -0.409. The van der Waals surface area contributed by atoms with E-state index in [0.29, 0.717) is 0 Å². The zero-order chi connectivity index (χ0) is 27.7. The number of benzene rings is 2. The lowest BCUT2D eigenvalue weighted by Crippen LogP contribution is -2.56. The number of cyclic esters (lactones) is 1. The fourth-order valence-electron chi connectivity index (χ4n) is 4.57. The number of alkyl halides is 2. The molecule has 1 saturated carbocycles. The van der Waals surface area contributed by atoms with Crippen molar-refractivity contribution in [3.63, 3.8) is 0 Å². The highest BCUT2D eigenvalue weighted by Gasteiger charge is 2.49. The number of amides is 3. The highest BCUT2D eigenvalue weighted by Crippen LogP contribution is 2.39. The Morgan fingerprint density at radius 2 is 1.82 bits per heavy atom. The summed E-state index contributed by atoms with van der Waals surface area (Å²) < 4.78 is 46.6. The maximum Gasteiger partial charge on any atom is 0.417 e. The molecule has 0 bridgehead atoms. The summed E-state index contributed by atoms with van der Waals surface area (Å²) in [5.41, 5.74) is 0.125. The predicted molar refractivity (Wildman–Crippen MR) is 134 cm³/mol. The van der Waals surface area contributed by atoms with Gasteiger partial charge < -0.3 is 10.1 Å². The van der Waals surface area contributed by atoms with Crippen LogP contribution in [0.1, 0.15) is 24.4 Å². The van der Waals surface area contributed by atoms with Crippen LogP contribution >= 0.6 is 11.6 Å². The second kappa shape index (κ2) is 10.5. The van der Waals surface area contributed by atoms with Crippen molar-refractivity contribution < 1.29 is 32.3 Å². The molecule has 1 saturated heterocycles. The number of carbonyl (C=O) groups is 3. The van der Waals surface area contributed by atoms with Crippen LogP contribution in [0.4, 0.5) is 29.6 Å². The third-order valence-corrected chi connectivity index (χ3v) is 6.74. The van der Waals surface area contributed by atoms with Crippen molar-refractivity contribution in [2.75, 3.05) is 16.4 Å². The van der Waals surface area contributed by atoms with Crippen molar-refractivity contribution in [3.8, 4) is 0 Å². The van der Waals surface area contributed by atoms with Crippen molar-refractivity contribution in [3.05, 3.63) is 83.4 Å². The summed E-state index contributed by atoms with van der Waals surface area (Å²) >= 11 is 6.45. The normalized spacial score (nSPS) is 19.1. The van der Waals surface area contributed by atoms with Crippen LogP contribution in [0.15, 0.2) is 67.0 Å². The molecule has 2 aliphatic rings. The summed E-state index contributed by atoms with van der Waals surface area (Å²) in [6.07, 6.45) is 0.717. The number of nitrogens with zero attached hydrogens (tertiary/aromatic N) is 4. The van der Waals surface area contributed by atoms with Gasteiger partial charge in [-0.15, -0.1) is 0 Å². The molecule has 0 radical (unpaired) electrons. The minimum absolute atomic E-state index is 0.0349. The molecular weight excluding hydrogens is 539 g/mol. The number of nitrogens with one attached hydrogen (secondary N) is 1. The molecule has 1 aliphatic heterocycles. The van der Waals surface area contributed by atoms with Gasteiger partial charge >= 0.3 is 6.09 Å². The molecule has 39 heavy (non-hydrogen) atoms. The van der Waals surface area contributed by atoms with E-state index in [-0.39, 0.29) is 22.2 Å². The summed E-state index contributed by atoms with van der Waals surface area (Å²) in [7, 11) is 0. The predicted octanol–water partition coefficient (Wildman–Crippen LogP) is 4.28. The number of rotatable bonds is 7. The number of aromatic nitrogens is 2. The van der Waals surface area contributed by atoms with E-state index in [0.717, 1.165) is 21.9 Å². The monoisotopic (exact) mass is 559 g/mol. The summed E-state index contributed by atoms with van der Waals surface area (Å²) in [5, 5.41) is 2.66. The molecule has 2 fully saturated rings. The van der Waals surface area contributed by atoms with Gasteiger partial charge in [-0.05, 0) is 30.3 Å². The summed E-state index contributed by atoms with van der Waals surface area (Å²) in [5.74, 6) is -5.38. The van der Waals surface area contributed by atoms with Crippen molar-refractivity contribution in [2.45, 2.75) is 36.9 Å². The SMILES string of the molecule is O=C(NC1CC(F)(F)C1)C(c1ccccc1Cl)N(C(=O)[C@@H]1COC(=O)N1c1ncccn1)c1cccc(F)c1. The van der Waals surface area contributed by atoms with Crippen LogP contribution < -0.4 is 15.1 Å². The molecule has 1 aliphatic carbocycles. The van der Waals surface area contributed by atoms with Crippen molar-refractivity contribution in [1.82, 2.24) is 15.3 Å². The number of hydrogen-bond donors (Lipinski definition) is 1. The number of ether oxygens (including phenoxy) is 1. The Morgan fingerprint density at radius 3 is 2.49 bits per heavy atom. The molecule has 1 unspecified atom stereocenters. The first kappa shape index (κ1) is 26.4. The highest BCUT2D eigenvalue weighted by atomic mass is 35.5. The van der Waals surface area contributed by atoms with Crippen LogP contribution in [0.25, 0.3) is 0 Å². The van der Waals surface area contributed by atoms with E-state index in [1.54, 1.807) is 12.1 Å². The van der Waals surface area contributed by atoms with Crippen LogP contribution in [0.2, 0.25) is 5.02 Å². The zero-order valence-corrected chi connectivity index (χ0v) is 20.9. The Morgan fingerprint density at radius 1 is 1.10 bits per heavy atom. The number of carbonyl (C=O) groups excluding carboxylic acids is 3. The number of anilines is 2. The molecule has 1 N–H and O–H groups in total. The van der Waals surface area contributed by atoms with E-state index in [1.165, 1.54) is 42.7 Å². The van der Waals surface area contributed by atoms with E-state index >= 15 is 0 Å². The van der Waals surface area contributed by atoms with E-state index in [1.807, 2.05) is 0 Å². The molecule has 202 valence electrons. The Kier molecular flexibility index (Phi) is 7.13. The average molecular weight is 560 g/mol. The Labute approximate surface area is 225 Å². The fraction of sp³-hybridized carbons (Fsp3) is 0.269. The third kappa shape index (κ3) is 5.37. The van der Waals surface area contributed by atoms with Gasteiger partial charge in [-0.25, -0.2) is 32.8 Å². The average Bonchev–Trinajstić information content (AvgIpc) is 3.28. The van der Waals surface area contributed by atoms with Gasteiger partial charge in [0.1, 0.15) is 18.5 Å². The molecule has 13 heteroatoms. The fourth-order valence-corrected chi connectivity index (χ4v) is 4.81. The lowest BCUT2D eigenvalue weighted by Gasteiger charge is -2.39. The van der Waals surface area contributed by atoms with E-state index in [9.17, 15) is 27.6 Å². The second-order valence-corrected chi connectivity index (χ2v) is 9.50. The van der Waals surface area contributed by atoms with Gasteiger partial charge in [-0.3, -0.25) is 14.5 Å². The largest absolute Gasteiger partial charge is 0.446 e. The lowest BCUT2D eigenvalue weighted by atomic mass is 9.87. The Balaban J connectivity index is 1.60. The second-order valence-electron chi connectivity index (χ2n) is 9.09. The molecule has 9 nitrogen and oxygen atoms in total. The maximum absolute atomic E-state index is 14.4. The van der Waals surface area contributed by atoms with Crippen LogP contribution in [0.3, 0.4) is 0 Å². The van der Waals surface area contributed by atoms with Gasteiger partial charge in [0.25, 0.3) is 11.8 Å². The standard InChI is InChI=1S/C26H21ClF3N5O4/c27-19-8-2-1-7-18(19)21(22(36)33-16-12-26(29,30)13-16)34(17-6-3-5-15(28)11-17)23(37)20-14-39-25(38)35(20)24-31-9-4-10-32-24/h1-11,16,20-21H,12-14H2,(H,33,36)/t20-,21?/m0/s1. The van der Waals surface area contributed by atoms with E-state index in [4.69, 9.17) is 16.3 Å². The van der Waals surface area contributed by atoms with Gasteiger partial charge in [0, 0.05) is 47.6 Å². The van der Waals surface area contributed by atoms with Crippen LogP contribution in [0.5, 0.6) is 0 Å². The molecule has 0 spiro atoms. The van der Waals surface area contributed by atoms with Gasteiger partial charge in [0.15, 0.2) is 6.04 Å². The molecule has 3 amide bonds. The summed E-state index contributed by atoms with van der Waals surface area (Å²) in [4.78, 5) is 50.5. The number of halogens is 4. The van der Waals surface area contributed by atoms with Crippen molar-refractivity contribution in [2.24, 2.45) is 0 Å². The number of hydrogen-bond acceptors (Lipinski definition) is 6. The minimum atomic E-state index is -2.91. The molecule has 2 heterocycles. The van der Waals surface area contributed by atoms with Gasteiger partial charge in [-0.2, -0.15) is 0 Å². The Bertz CT molecular complexity index is 1410. The van der Waals surface area contributed by atoms with Crippen molar-refractivity contribution >= 4 is 41.1 Å². The van der Waals surface area contributed by atoms with E-state index < -0.39 is 67.2 Å². The minimum Gasteiger partial charge on any atom is -0.446 e. The first-order valence-electron chi connectivity index (χ1n) is 11.9. The van der Waals surface area contributed by atoms with Crippen LogP contribution in [-0.2, 0) is 14.3 Å². The molecular formula is C26H21ClF3N5O4. The third-order valence-electron chi connectivity index (χ3n) is 6.39. The highest BCUT2D eigenvalue weighted by molar-refractivity contribution is 6.31. The first-order valence-corrected chi connectivity index (χ1v) is 12.3. The van der Waals surface area contributed by atoms with Gasteiger partial charge in [0.2, 0.25) is 11.9 Å². The van der Waals surface area contributed by atoms with Gasteiger partial charge in [0.05, 0.1) is 0 Å². The molecule has 2 aromatic carbocycles. The zero-order valence-electron chi connectivity index (χ0n) is 20.1. The Hall–Kier alpha value is -4.19. The lowest BCUT2D eigenvalue weighted by molar-refractivity contribution is -0.133. The summed E-state index contributed by atoms with van der Waals surface area (Å²) in [6, 6.07) is 8.93. The van der Waals surface area contributed by atoms with Crippen LogP contribution in [0, 0.1) is 5.82 Å². The molecule has 1 aromatic heterocycles. The van der Waals surface area contributed by atoms with Gasteiger partial charge in [-0.1, -0.05) is 35.9 Å². The van der Waals surface area contributed by atoms with E-state index in [2.05, 4.69) is 15.3 Å². The van der Waals surface area contributed by atoms with Crippen molar-refractivity contribution in [1.29, 1.82) is 0 Å². The topological polar surface area (TPSA) is 105 Å². The molecule has 5 rings (SSSR count). The first-order chi connectivity index (χ1) is 18.6. The maximum atomic E-state index is 14.4. The molecule has 2 atom stereocenters. The van der Waals surface area contributed by atoms with Crippen LogP contribution in [-0.4, -0.2) is 52.5 Å². The quantitative estimate of drug-likeness (QED) is 0.463.